The molecule has 0 heterocycles. The van der Waals surface area contributed by atoms with E-state index >= 15 is 0 Å². The summed E-state index contributed by atoms with van der Waals surface area (Å²) in [7, 11) is 0. The second kappa shape index (κ2) is 3.19. The number of hydrogen-bond donors (Lipinski definition) is 1. The van der Waals surface area contributed by atoms with Gasteiger partial charge in [0.1, 0.15) is 0 Å². The van der Waals surface area contributed by atoms with Crippen LogP contribution in [0.2, 0.25) is 0 Å². The molecular formula is C9H9O2. The number of carboxylic acid groups (broad SMARTS) is 1. The molecule has 2 nitrogen and oxygen atoms in total. The minimum atomic E-state index is -0.903. The van der Waals surface area contributed by atoms with Gasteiger partial charge in [-0.1, -0.05) is 24.3 Å². The molecule has 0 spiro atoms. The average molecular weight is 149 g/mol. The maximum absolute atomic E-state index is 10.3. The summed E-state index contributed by atoms with van der Waals surface area (Å²) in [5.41, 5.74) is 1.75. The molecule has 0 aliphatic heterocycles. The number of carbonyl (C=O) groups is 1. The minimum Gasteiger partial charge on any atom is -0.481 e. The molecule has 0 aliphatic rings. The standard InChI is InChI=1S/C9H9O2/c1-7-4-2-3-5-8(7)6-9(10)11/h2-6H,1H3,(H,10,11). The molecule has 0 saturated heterocycles. The van der Waals surface area contributed by atoms with Gasteiger partial charge in [0.25, 0.3) is 0 Å². The lowest BCUT2D eigenvalue weighted by atomic mass is 10.1. The Morgan fingerprint density at radius 2 is 2.09 bits per heavy atom. The number of aliphatic carboxylic acids is 1. The molecule has 0 saturated carbocycles. The van der Waals surface area contributed by atoms with Crippen molar-refractivity contribution in [1.82, 2.24) is 0 Å². The van der Waals surface area contributed by atoms with Gasteiger partial charge < -0.3 is 5.11 Å². The molecule has 57 valence electrons. The topological polar surface area (TPSA) is 37.3 Å². The van der Waals surface area contributed by atoms with Crippen molar-refractivity contribution in [3.63, 3.8) is 0 Å². The van der Waals surface area contributed by atoms with Crippen LogP contribution in [0.3, 0.4) is 0 Å². The highest BCUT2D eigenvalue weighted by molar-refractivity contribution is 5.81. The second-order valence-corrected chi connectivity index (χ2v) is 2.34. The van der Waals surface area contributed by atoms with Crippen LogP contribution in [0.1, 0.15) is 11.1 Å². The van der Waals surface area contributed by atoms with E-state index in [0.717, 1.165) is 11.1 Å². The summed E-state index contributed by atoms with van der Waals surface area (Å²) in [6.45, 7) is 1.88. The van der Waals surface area contributed by atoms with E-state index in [9.17, 15) is 4.79 Å². The Labute approximate surface area is 65.5 Å². The fourth-order valence-corrected chi connectivity index (χ4v) is 0.882. The van der Waals surface area contributed by atoms with Crippen molar-refractivity contribution in [2.45, 2.75) is 6.92 Å². The van der Waals surface area contributed by atoms with Crippen LogP contribution < -0.4 is 0 Å². The number of hydrogen-bond acceptors (Lipinski definition) is 1. The Kier molecular flexibility index (Phi) is 2.26. The monoisotopic (exact) mass is 149 g/mol. The van der Waals surface area contributed by atoms with Gasteiger partial charge in [0, 0.05) is 0 Å². The average Bonchev–Trinajstić information content (AvgIpc) is 1.93. The highest BCUT2D eigenvalue weighted by Gasteiger charge is 2.02. The van der Waals surface area contributed by atoms with Crippen molar-refractivity contribution in [3.05, 3.63) is 41.8 Å². The zero-order valence-electron chi connectivity index (χ0n) is 6.24. The van der Waals surface area contributed by atoms with Gasteiger partial charge in [-0.2, -0.15) is 0 Å². The highest BCUT2D eigenvalue weighted by atomic mass is 16.4. The first kappa shape index (κ1) is 7.79. The highest BCUT2D eigenvalue weighted by Crippen LogP contribution is 2.08. The van der Waals surface area contributed by atoms with Crippen molar-refractivity contribution in [3.8, 4) is 0 Å². The molecular weight excluding hydrogens is 140 g/mol. The predicted octanol–water partition coefficient (Wildman–Crippen LogP) is 1.63. The van der Waals surface area contributed by atoms with Crippen LogP contribution in [0.4, 0.5) is 0 Å². The van der Waals surface area contributed by atoms with E-state index in [2.05, 4.69) is 0 Å². The van der Waals surface area contributed by atoms with E-state index in [1.54, 1.807) is 6.07 Å². The van der Waals surface area contributed by atoms with Gasteiger partial charge in [-0.3, -0.25) is 4.79 Å². The maximum atomic E-state index is 10.3. The third kappa shape index (κ3) is 2.08. The minimum absolute atomic E-state index is 0.764. The summed E-state index contributed by atoms with van der Waals surface area (Å²) in [4.78, 5) is 10.3. The van der Waals surface area contributed by atoms with E-state index in [1.807, 2.05) is 25.1 Å². The molecule has 11 heavy (non-hydrogen) atoms. The lowest BCUT2D eigenvalue weighted by molar-refractivity contribution is -0.132. The number of benzene rings is 1. The van der Waals surface area contributed by atoms with Gasteiger partial charge in [-0.05, 0) is 18.1 Å². The SMILES string of the molecule is Cc1ccccc1[CH]C(=O)O. The summed E-state index contributed by atoms with van der Waals surface area (Å²) in [5.74, 6) is -0.903. The largest absolute Gasteiger partial charge is 0.481 e. The molecule has 0 aliphatic carbocycles. The second-order valence-electron chi connectivity index (χ2n) is 2.34. The molecule has 0 amide bonds. The van der Waals surface area contributed by atoms with Crippen LogP contribution >= 0.6 is 0 Å². The molecule has 0 aromatic heterocycles. The van der Waals surface area contributed by atoms with Gasteiger partial charge in [0.05, 0.1) is 6.42 Å². The Morgan fingerprint density at radius 3 is 2.64 bits per heavy atom. The molecule has 1 aromatic rings. The van der Waals surface area contributed by atoms with Gasteiger partial charge in [-0.15, -0.1) is 0 Å². The summed E-state index contributed by atoms with van der Waals surface area (Å²) in [6.07, 6.45) is 1.20. The molecule has 1 N–H and O–H groups in total. The Bertz CT molecular complexity index is 266. The predicted molar refractivity (Wildman–Crippen MR) is 42.2 cm³/mol. The molecule has 1 aromatic carbocycles. The van der Waals surface area contributed by atoms with Crippen molar-refractivity contribution in [1.29, 1.82) is 0 Å². The third-order valence-electron chi connectivity index (χ3n) is 1.47. The van der Waals surface area contributed by atoms with Crippen molar-refractivity contribution in [2.24, 2.45) is 0 Å². The molecule has 0 unspecified atom stereocenters. The lowest BCUT2D eigenvalue weighted by Gasteiger charge is -1.99. The van der Waals surface area contributed by atoms with Crippen molar-refractivity contribution < 1.29 is 9.90 Å². The van der Waals surface area contributed by atoms with E-state index < -0.39 is 5.97 Å². The molecule has 0 bridgehead atoms. The summed E-state index contributed by atoms with van der Waals surface area (Å²) in [6, 6.07) is 7.37. The lowest BCUT2D eigenvalue weighted by Crippen LogP contribution is -1.98. The quantitative estimate of drug-likeness (QED) is 0.693. The first-order valence-corrected chi connectivity index (χ1v) is 3.33. The molecule has 0 atom stereocenters. The van der Waals surface area contributed by atoms with Gasteiger partial charge in [0.15, 0.2) is 0 Å². The fourth-order valence-electron chi connectivity index (χ4n) is 0.882. The zero-order valence-corrected chi connectivity index (χ0v) is 6.24. The van der Waals surface area contributed by atoms with Crippen LogP contribution in [-0.4, -0.2) is 11.1 Å². The number of rotatable bonds is 2. The first-order valence-electron chi connectivity index (χ1n) is 3.33. The maximum Gasteiger partial charge on any atom is 0.312 e. The van der Waals surface area contributed by atoms with E-state index in [1.165, 1.54) is 6.42 Å². The van der Waals surface area contributed by atoms with Crippen LogP contribution in [0.5, 0.6) is 0 Å². The van der Waals surface area contributed by atoms with E-state index in [-0.39, 0.29) is 0 Å². The van der Waals surface area contributed by atoms with Crippen LogP contribution in [-0.2, 0) is 4.79 Å². The van der Waals surface area contributed by atoms with E-state index in [4.69, 9.17) is 5.11 Å². The normalized spacial score (nSPS) is 9.55. The molecule has 2 heteroatoms. The smallest absolute Gasteiger partial charge is 0.312 e. The van der Waals surface area contributed by atoms with Gasteiger partial charge in [0.2, 0.25) is 0 Å². The van der Waals surface area contributed by atoms with Crippen molar-refractivity contribution >= 4 is 5.97 Å². The number of carboxylic acids is 1. The van der Waals surface area contributed by atoms with Crippen LogP contribution in [0.15, 0.2) is 24.3 Å². The summed E-state index contributed by atoms with van der Waals surface area (Å²) >= 11 is 0. The Hall–Kier alpha value is -1.31. The summed E-state index contributed by atoms with van der Waals surface area (Å²) in [5, 5.41) is 8.44. The third-order valence-corrected chi connectivity index (χ3v) is 1.47. The van der Waals surface area contributed by atoms with Gasteiger partial charge in [-0.25, -0.2) is 0 Å². The van der Waals surface area contributed by atoms with E-state index in [0.29, 0.717) is 0 Å². The number of aryl methyl sites for hydroxylation is 1. The van der Waals surface area contributed by atoms with Crippen LogP contribution in [0, 0.1) is 13.3 Å². The molecule has 1 rings (SSSR count). The van der Waals surface area contributed by atoms with Gasteiger partial charge >= 0.3 is 5.97 Å². The Balaban J connectivity index is 2.86. The Morgan fingerprint density at radius 1 is 1.45 bits per heavy atom. The summed E-state index contributed by atoms with van der Waals surface area (Å²) < 4.78 is 0. The molecule has 0 fully saturated rings. The van der Waals surface area contributed by atoms with Crippen LogP contribution in [0.25, 0.3) is 0 Å². The zero-order chi connectivity index (χ0) is 8.27. The first-order chi connectivity index (χ1) is 5.20. The fraction of sp³-hybridized carbons (Fsp3) is 0.111. The van der Waals surface area contributed by atoms with Crippen molar-refractivity contribution in [2.75, 3.05) is 0 Å². The molecule has 1 radical (unpaired) electrons.